The van der Waals surface area contributed by atoms with E-state index in [-0.39, 0.29) is 25.8 Å². The van der Waals surface area contributed by atoms with Gasteiger partial charge in [0.1, 0.15) is 11.4 Å². The first kappa shape index (κ1) is 24.3. The number of amides is 1. The van der Waals surface area contributed by atoms with Crippen molar-refractivity contribution in [2.45, 2.75) is 19.8 Å². The lowest BCUT2D eigenvalue weighted by atomic mass is 10.1. The van der Waals surface area contributed by atoms with E-state index < -0.39 is 16.6 Å². The molecule has 0 aliphatic carbocycles. The number of thiophene rings is 1. The van der Waals surface area contributed by atoms with Gasteiger partial charge in [0.25, 0.3) is 5.91 Å². The topological polar surface area (TPSA) is 104 Å². The van der Waals surface area contributed by atoms with Gasteiger partial charge in [-0.1, -0.05) is 48.2 Å². The van der Waals surface area contributed by atoms with E-state index in [1.165, 1.54) is 24.3 Å². The molecule has 0 saturated heterocycles. The van der Waals surface area contributed by atoms with Gasteiger partial charge in [0, 0.05) is 11.6 Å². The SMILES string of the molecule is CCCCOc1ccc(-c2nc(NC(=O)c3ccc([N+](=O)[O-])s3)sc2Oc2ccccc2F)cc1. The maximum atomic E-state index is 14.2. The number of nitrogens with one attached hydrogen (secondary N) is 1. The highest BCUT2D eigenvalue weighted by Crippen LogP contribution is 2.41. The van der Waals surface area contributed by atoms with Crippen molar-refractivity contribution in [1.29, 1.82) is 0 Å². The minimum Gasteiger partial charge on any atom is -0.494 e. The highest BCUT2D eigenvalue weighted by atomic mass is 32.1. The average molecular weight is 514 g/mol. The van der Waals surface area contributed by atoms with Crippen LogP contribution in [0.4, 0.5) is 14.5 Å². The molecule has 0 fully saturated rings. The van der Waals surface area contributed by atoms with Crippen molar-refractivity contribution in [2.24, 2.45) is 0 Å². The summed E-state index contributed by atoms with van der Waals surface area (Å²) in [6, 6.07) is 15.8. The van der Waals surface area contributed by atoms with E-state index in [0.717, 1.165) is 35.5 Å². The van der Waals surface area contributed by atoms with Crippen LogP contribution in [0, 0.1) is 15.9 Å². The number of carbonyl (C=O) groups excluding carboxylic acids is 1. The van der Waals surface area contributed by atoms with Crippen LogP contribution in [-0.2, 0) is 0 Å². The van der Waals surface area contributed by atoms with Crippen LogP contribution in [0.1, 0.15) is 29.4 Å². The first-order valence-corrected chi connectivity index (χ1v) is 12.3. The zero-order chi connectivity index (χ0) is 24.8. The molecule has 1 amide bonds. The summed E-state index contributed by atoms with van der Waals surface area (Å²) in [5, 5.41) is 13.9. The summed E-state index contributed by atoms with van der Waals surface area (Å²) in [5.74, 6) is -0.353. The van der Waals surface area contributed by atoms with Crippen molar-refractivity contribution >= 4 is 38.7 Å². The number of thiazole rings is 1. The summed E-state index contributed by atoms with van der Waals surface area (Å²) in [6.45, 7) is 2.70. The molecule has 1 N–H and O–H groups in total. The molecule has 2 aromatic heterocycles. The Kier molecular flexibility index (Phi) is 7.68. The number of nitro groups is 1. The van der Waals surface area contributed by atoms with Gasteiger partial charge < -0.3 is 9.47 Å². The number of halogens is 1. The fraction of sp³-hybridized carbons (Fsp3) is 0.167. The predicted molar refractivity (Wildman–Crippen MR) is 133 cm³/mol. The number of carbonyl (C=O) groups is 1. The van der Waals surface area contributed by atoms with Gasteiger partial charge in [-0.05, 0) is 48.9 Å². The maximum absolute atomic E-state index is 14.2. The van der Waals surface area contributed by atoms with Crippen LogP contribution in [0.15, 0.2) is 60.7 Å². The van der Waals surface area contributed by atoms with Crippen LogP contribution < -0.4 is 14.8 Å². The van der Waals surface area contributed by atoms with Crippen molar-refractivity contribution < 1.29 is 23.6 Å². The summed E-state index contributed by atoms with van der Waals surface area (Å²) in [6.07, 6.45) is 1.98. The number of benzene rings is 2. The van der Waals surface area contributed by atoms with E-state index in [1.54, 1.807) is 36.4 Å². The normalized spacial score (nSPS) is 10.7. The van der Waals surface area contributed by atoms with Crippen molar-refractivity contribution in [3.8, 4) is 27.8 Å². The predicted octanol–water partition coefficient (Wildman–Crippen LogP) is 7.14. The first-order chi connectivity index (χ1) is 16.9. The van der Waals surface area contributed by atoms with Crippen molar-refractivity contribution in [3.63, 3.8) is 0 Å². The van der Waals surface area contributed by atoms with Gasteiger partial charge in [0.15, 0.2) is 16.7 Å². The molecule has 0 aliphatic rings. The summed E-state index contributed by atoms with van der Waals surface area (Å²) >= 11 is 1.78. The summed E-state index contributed by atoms with van der Waals surface area (Å²) in [7, 11) is 0. The number of ether oxygens (including phenoxy) is 2. The van der Waals surface area contributed by atoms with Crippen LogP contribution in [0.25, 0.3) is 11.3 Å². The Hall–Kier alpha value is -3.83. The fourth-order valence-corrected chi connectivity index (χ4v) is 4.55. The van der Waals surface area contributed by atoms with Crippen LogP contribution in [0.2, 0.25) is 0 Å². The third-order valence-electron chi connectivity index (χ3n) is 4.75. The number of unbranched alkanes of at least 4 members (excludes halogenated alkanes) is 1. The van der Waals surface area contributed by atoms with Gasteiger partial charge in [-0.3, -0.25) is 20.2 Å². The van der Waals surface area contributed by atoms with E-state index in [9.17, 15) is 19.3 Å². The number of hydrogen-bond acceptors (Lipinski definition) is 8. The van der Waals surface area contributed by atoms with Gasteiger partial charge in [0.2, 0.25) is 5.06 Å². The van der Waals surface area contributed by atoms with Crippen LogP contribution in [0.5, 0.6) is 16.6 Å². The second kappa shape index (κ2) is 11.1. The Balaban J connectivity index is 1.61. The smallest absolute Gasteiger partial charge is 0.324 e. The van der Waals surface area contributed by atoms with Crippen molar-refractivity contribution in [3.05, 3.63) is 81.5 Å². The second-order valence-electron chi connectivity index (χ2n) is 7.26. The standard InChI is InChI=1S/C24H20FN3O5S2/c1-2-3-14-32-16-10-8-15(9-11-16)21-23(33-18-7-5-4-6-17(18)25)35-24(26-21)27-22(29)19-12-13-20(34-19)28(30)31/h4-13H,2-3,14H2,1H3,(H,26,27,29). The van der Waals surface area contributed by atoms with Crippen LogP contribution in [-0.4, -0.2) is 22.4 Å². The molecule has 35 heavy (non-hydrogen) atoms. The summed E-state index contributed by atoms with van der Waals surface area (Å²) in [5.41, 5.74) is 1.09. The molecule has 0 unspecified atom stereocenters. The first-order valence-electron chi connectivity index (χ1n) is 10.7. The van der Waals surface area contributed by atoms with Crippen LogP contribution in [0.3, 0.4) is 0 Å². The zero-order valence-corrected chi connectivity index (χ0v) is 20.2. The molecule has 0 aliphatic heterocycles. The molecule has 4 aromatic rings. The Morgan fingerprint density at radius 1 is 1.11 bits per heavy atom. The molecule has 180 valence electrons. The van der Waals surface area contributed by atoms with Gasteiger partial charge >= 0.3 is 5.00 Å². The van der Waals surface area contributed by atoms with E-state index in [1.807, 2.05) is 0 Å². The molecule has 11 heteroatoms. The lowest BCUT2D eigenvalue weighted by molar-refractivity contribution is -0.380. The van der Waals surface area contributed by atoms with E-state index in [4.69, 9.17) is 9.47 Å². The number of aromatic nitrogens is 1. The molecular formula is C24H20FN3O5S2. The zero-order valence-electron chi connectivity index (χ0n) is 18.5. The summed E-state index contributed by atoms with van der Waals surface area (Å²) < 4.78 is 25.8. The van der Waals surface area contributed by atoms with E-state index >= 15 is 0 Å². The Labute approximate surface area is 208 Å². The molecule has 0 atom stereocenters. The lowest BCUT2D eigenvalue weighted by Crippen LogP contribution is -2.09. The molecule has 0 saturated carbocycles. The molecule has 2 aromatic carbocycles. The number of anilines is 1. The molecule has 4 rings (SSSR count). The van der Waals surface area contributed by atoms with Gasteiger partial charge in [-0.2, -0.15) is 0 Å². The lowest BCUT2D eigenvalue weighted by Gasteiger charge is -2.08. The van der Waals surface area contributed by atoms with Gasteiger partial charge in [-0.25, -0.2) is 9.37 Å². The molecule has 0 bridgehead atoms. The second-order valence-corrected chi connectivity index (χ2v) is 9.29. The minimum atomic E-state index is -0.557. The fourth-order valence-electron chi connectivity index (χ4n) is 2.99. The maximum Gasteiger partial charge on any atom is 0.324 e. The van der Waals surface area contributed by atoms with Crippen molar-refractivity contribution in [1.82, 2.24) is 4.98 Å². The number of hydrogen-bond donors (Lipinski definition) is 1. The molecule has 0 radical (unpaired) electrons. The highest BCUT2D eigenvalue weighted by Gasteiger charge is 2.21. The molecule has 0 spiro atoms. The number of para-hydroxylation sites is 1. The van der Waals surface area contributed by atoms with Crippen molar-refractivity contribution in [2.75, 3.05) is 11.9 Å². The third-order valence-corrected chi connectivity index (χ3v) is 6.63. The van der Waals surface area contributed by atoms with Gasteiger partial charge in [-0.15, -0.1) is 0 Å². The number of nitrogens with zero attached hydrogens (tertiary/aromatic N) is 2. The van der Waals surface area contributed by atoms with E-state index in [2.05, 4.69) is 17.2 Å². The molecule has 2 heterocycles. The Bertz CT molecular complexity index is 1340. The monoisotopic (exact) mass is 513 g/mol. The highest BCUT2D eigenvalue weighted by molar-refractivity contribution is 7.19. The Morgan fingerprint density at radius 3 is 2.57 bits per heavy atom. The number of rotatable bonds is 10. The van der Waals surface area contributed by atoms with Gasteiger partial charge in [0.05, 0.1) is 16.4 Å². The summed E-state index contributed by atoms with van der Waals surface area (Å²) in [4.78, 5) is 27.6. The largest absolute Gasteiger partial charge is 0.494 e. The quantitative estimate of drug-likeness (QED) is 0.137. The Morgan fingerprint density at radius 2 is 1.89 bits per heavy atom. The minimum absolute atomic E-state index is 0.0173. The molecule has 8 nitrogen and oxygen atoms in total. The molecular weight excluding hydrogens is 493 g/mol. The van der Waals surface area contributed by atoms with E-state index in [0.29, 0.717) is 23.6 Å². The third kappa shape index (κ3) is 6.00. The average Bonchev–Trinajstić information content (AvgIpc) is 3.49. The van der Waals surface area contributed by atoms with Crippen LogP contribution >= 0.6 is 22.7 Å².